The Bertz CT molecular complexity index is 401. The minimum Gasteiger partial charge on any atom is -0.374 e. The molecule has 1 saturated heterocycles. The molecule has 1 unspecified atom stereocenters. The van der Waals surface area contributed by atoms with E-state index in [1.807, 2.05) is 13.1 Å². The summed E-state index contributed by atoms with van der Waals surface area (Å²) in [5, 5.41) is 4.05. The maximum absolute atomic E-state index is 6.08. The number of nitrogens with one attached hydrogen (secondary N) is 1. The quantitative estimate of drug-likeness (QED) is 0.858. The molecular weight excluding hydrogens is 273 g/mol. The van der Waals surface area contributed by atoms with Crippen LogP contribution in [-0.2, 0) is 11.3 Å². The summed E-state index contributed by atoms with van der Waals surface area (Å²) in [6.45, 7) is 4.22. The van der Waals surface area contributed by atoms with Crippen molar-refractivity contribution in [3.63, 3.8) is 0 Å². The predicted molar refractivity (Wildman–Crippen MR) is 73.2 cm³/mol. The lowest BCUT2D eigenvalue weighted by atomic mass is 10.2. The number of halogens is 2. The standard InChI is InChI=1S/C12H17Cl2N3O/c1-15-6-10-8-17(4-5-18-10)7-9-2-3-11(13)16-12(9)14/h2-3,10,15H,4-8H2,1H3. The number of nitrogens with zero attached hydrogens (tertiary/aromatic N) is 2. The number of aromatic nitrogens is 1. The van der Waals surface area contributed by atoms with Gasteiger partial charge in [-0.15, -0.1) is 0 Å². The second-order valence-corrected chi connectivity index (χ2v) is 5.11. The van der Waals surface area contributed by atoms with Gasteiger partial charge in [-0.1, -0.05) is 29.3 Å². The van der Waals surface area contributed by atoms with Crippen molar-refractivity contribution in [2.24, 2.45) is 0 Å². The normalized spacial score (nSPS) is 21.2. The smallest absolute Gasteiger partial charge is 0.135 e. The number of morpholine rings is 1. The molecule has 6 heteroatoms. The lowest BCUT2D eigenvalue weighted by molar-refractivity contribution is -0.0291. The Balaban J connectivity index is 1.96. The minimum absolute atomic E-state index is 0.239. The maximum Gasteiger partial charge on any atom is 0.135 e. The van der Waals surface area contributed by atoms with E-state index in [1.165, 1.54) is 0 Å². The molecule has 1 fully saturated rings. The van der Waals surface area contributed by atoms with Gasteiger partial charge in [0.05, 0.1) is 12.7 Å². The fourth-order valence-corrected chi connectivity index (χ4v) is 2.48. The van der Waals surface area contributed by atoms with Crippen LogP contribution < -0.4 is 5.32 Å². The Morgan fingerprint density at radius 1 is 1.50 bits per heavy atom. The van der Waals surface area contributed by atoms with Crippen LogP contribution >= 0.6 is 23.2 Å². The Morgan fingerprint density at radius 2 is 2.33 bits per heavy atom. The fraction of sp³-hybridized carbons (Fsp3) is 0.583. The fourth-order valence-electron chi connectivity index (χ4n) is 2.08. The molecule has 1 atom stereocenters. The molecule has 1 N–H and O–H groups in total. The van der Waals surface area contributed by atoms with E-state index >= 15 is 0 Å². The highest BCUT2D eigenvalue weighted by Crippen LogP contribution is 2.19. The van der Waals surface area contributed by atoms with E-state index in [9.17, 15) is 0 Å². The molecule has 0 aromatic carbocycles. The zero-order chi connectivity index (χ0) is 13.0. The largest absolute Gasteiger partial charge is 0.374 e. The molecule has 0 amide bonds. The molecule has 1 aliphatic rings. The van der Waals surface area contributed by atoms with Crippen molar-refractivity contribution in [1.29, 1.82) is 0 Å². The van der Waals surface area contributed by atoms with Crippen molar-refractivity contribution in [1.82, 2.24) is 15.2 Å². The van der Waals surface area contributed by atoms with Crippen LogP contribution in [0.2, 0.25) is 10.3 Å². The molecule has 18 heavy (non-hydrogen) atoms. The molecule has 100 valence electrons. The summed E-state index contributed by atoms with van der Waals surface area (Å²) in [6, 6.07) is 3.70. The van der Waals surface area contributed by atoms with Gasteiger partial charge in [0.25, 0.3) is 0 Å². The number of hydrogen-bond acceptors (Lipinski definition) is 4. The summed E-state index contributed by atoms with van der Waals surface area (Å²) in [7, 11) is 1.93. The van der Waals surface area contributed by atoms with Gasteiger partial charge in [0.2, 0.25) is 0 Å². The van der Waals surface area contributed by atoms with Crippen molar-refractivity contribution < 1.29 is 4.74 Å². The van der Waals surface area contributed by atoms with Gasteiger partial charge in [-0.05, 0) is 13.1 Å². The maximum atomic E-state index is 6.08. The molecule has 1 aromatic heterocycles. The van der Waals surface area contributed by atoms with E-state index in [0.717, 1.165) is 38.3 Å². The van der Waals surface area contributed by atoms with Gasteiger partial charge in [-0.2, -0.15) is 0 Å². The number of ether oxygens (including phenoxy) is 1. The van der Waals surface area contributed by atoms with E-state index < -0.39 is 0 Å². The van der Waals surface area contributed by atoms with Crippen LogP contribution in [0.15, 0.2) is 12.1 Å². The van der Waals surface area contributed by atoms with Gasteiger partial charge < -0.3 is 10.1 Å². The van der Waals surface area contributed by atoms with Crippen molar-refractivity contribution in [2.75, 3.05) is 33.3 Å². The third kappa shape index (κ3) is 3.80. The highest BCUT2D eigenvalue weighted by Gasteiger charge is 2.20. The summed E-state index contributed by atoms with van der Waals surface area (Å²) in [5.41, 5.74) is 1.01. The van der Waals surface area contributed by atoms with Crippen molar-refractivity contribution >= 4 is 23.2 Å². The third-order valence-electron chi connectivity index (χ3n) is 2.94. The molecule has 2 heterocycles. The average Bonchev–Trinajstić information content (AvgIpc) is 2.34. The molecule has 4 nitrogen and oxygen atoms in total. The van der Waals surface area contributed by atoms with E-state index in [4.69, 9.17) is 27.9 Å². The van der Waals surface area contributed by atoms with Crippen LogP contribution in [0.5, 0.6) is 0 Å². The number of pyridine rings is 1. The van der Waals surface area contributed by atoms with E-state index in [1.54, 1.807) is 6.07 Å². The van der Waals surface area contributed by atoms with Gasteiger partial charge in [0.1, 0.15) is 10.3 Å². The molecule has 0 bridgehead atoms. The Kier molecular flexibility index (Phi) is 5.21. The highest BCUT2D eigenvalue weighted by molar-refractivity contribution is 6.32. The summed E-state index contributed by atoms with van der Waals surface area (Å²) in [5.74, 6) is 0. The SMILES string of the molecule is CNCC1CN(Cc2ccc(Cl)nc2Cl)CCO1. The summed E-state index contributed by atoms with van der Waals surface area (Å²) >= 11 is 11.9. The highest BCUT2D eigenvalue weighted by atomic mass is 35.5. The Morgan fingerprint density at radius 3 is 3.06 bits per heavy atom. The van der Waals surface area contributed by atoms with Crippen LogP contribution in [0.3, 0.4) is 0 Å². The van der Waals surface area contributed by atoms with E-state index in [0.29, 0.717) is 10.3 Å². The number of rotatable bonds is 4. The van der Waals surface area contributed by atoms with Crippen LogP contribution in [0.25, 0.3) is 0 Å². The topological polar surface area (TPSA) is 37.4 Å². The molecule has 1 aromatic rings. The van der Waals surface area contributed by atoms with E-state index in [-0.39, 0.29) is 6.10 Å². The molecule has 0 spiro atoms. The van der Waals surface area contributed by atoms with Crippen LogP contribution in [-0.4, -0.2) is 49.3 Å². The first-order valence-corrected chi connectivity index (χ1v) is 6.74. The van der Waals surface area contributed by atoms with Crippen molar-refractivity contribution in [2.45, 2.75) is 12.6 Å². The van der Waals surface area contributed by atoms with Crippen LogP contribution in [0.4, 0.5) is 0 Å². The lowest BCUT2D eigenvalue weighted by Gasteiger charge is -2.32. The Hall–Kier alpha value is -0.390. The minimum atomic E-state index is 0.239. The average molecular weight is 290 g/mol. The first kappa shape index (κ1) is 14.0. The molecule has 0 aliphatic carbocycles. The summed E-state index contributed by atoms with van der Waals surface area (Å²) in [6.07, 6.45) is 0.239. The van der Waals surface area contributed by atoms with Gasteiger partial charge in [0.15, 0.2) is 0 Å². The second kappa shape index (κ2) is 6.68. The summed E-state index contributed by atoms with van der Waals surface area (Å²) < 4.78 is 5.66. The van der Waals surface area contributed by atoms with E-state index in [2.05, 4.69) is 15.2 Å². The van der Waals surface area contributed by atoms with Crippen LogP contribution in [0.1, 0.15) is 5.56 Å². The first-order chi connectivity index (χ1) is 8.69. The number of likely N-dealkylation sites (N-methyl/N-ethyl adjacent to an activating group) is 1. The molecule has 2 rings (SSSR count). The second-order valence-electron chi connectivity index (χ2n) is 4.37. The molecule has 1 aliphatic heterocycles. The molecular formula is C12H17Cl2N3O. The van der Waals surface area contributed by atoms with Gasteiger partial charge in [0, 0.05) is 31.7 Å². The summed E-state index contributed by atoms with van der Waals surface area (Å²) in [4.78, 5) is 6.38. The molecule has 0 saturated carbocycles. The van der Waals surface area contributed by atoms with Gasteiger partial charge in [-0.25, -0.2) is 4.98 Å². The number of hydrogen-bond donors (Lipinski definition) is 1. The first-order valence-electron chi connectivity index (χ1n) is 5.98. The third-order valence-corrected chi connectivity index (χ3v) is 3.48. The zero-order valence-electron chi connectivity index (χ0n) is 10.3. The van der Waals surface area contributed by atoms with Crippen molar-refractivity contribution in [3.05, 3.63) is 28.0 Å². The lowest BCUT2D eigenvalue weighted by Crippen LogP contribution is -2.45. The monoisotopic (exact) mass is 289 g/mol. The molecule has 0 radical (unpaired) electrons. The van der Waals surface area contributed by atoms with Crippen LogP contribution in [0, 0.1) is 0 Å². The Labute approximate surface area is 117 Å². The predicted octanol–water partition coefficient (Wildman–Crippen LogP) is 1.81. The van der Waals surface area contributed by atoms with Gasteiger partial charge in [-0.3, -0.25) is 4.90 Å². The van der Waals surface area contributed by atoms with Gasteiger partial charge >= 0.3 is 0 Å². The van der Waals surface area contributed by atoms with Crippen molar-refractivity contribution in [3.8, 4) is 0 Å². The zero-order valence-corrected chi connectivity index (χ0v) is 11.8.